The number of nitrogens with zero attached hydrogens (tertiary/aromatic N) is 1. The molecule has 0 spiro atoms. The molecule has 126 valence electrons. The van der Waals surface area contributed by atoms with Crippen molar-refractivity contribution in [2.75, 3.05) is 7.11 Å². The number of hydrogen-bond donors (Lipinski definition) is 1. The van der Waals surface area contributed by atoms with Crippen molar-refractivity contribution < 1.29 is 24.3 Å². The number of rotatable bonds is 7. The van der Waals surface area contributed by atoms with Crippen LogP contribution < -0.4 is 4.74 Å². The van der Waals surface area contributed by atoms with Gasteiger partial charge >= 0.3 is 5.97 Å². The molecular weight excluding hydrogens is 314 g/mol. The Morgan fingerprint density at radius 1 is 1.25 bits per heavy atom. The van der Waals surface area contributed by atoms with Crippen LogP contribution in [0.25, 0.3) is 0 Å². The highest BCUT2D eigenvalue weighted by Crippen LogP contribution is 2.26. The molecule has 0 radical (unpaired) electrons. The first-order valence-corrected chi connectivity index (χ1v) is 7.21. The lowest BCUT2D eigenvalue weighted by atomic mass is 10.1. The van der Waals surface area contributed by atoms with E-state index in [-0.39, 0.29) is 24.3 Å². The first-order valence-electron chi connectivity index (χ1n) is 7.21. The maximum absolute atomic E-state index is 11.3. The molecule has 0 aromatic heterocycles. The molecule has 0 saturated heterocycles. The molecule has 1 atom stereocenters. The molecule has 0 aliphatic heterocycles. The van der Waals surface area contributed by atoms with Crippen molar-refractivity contribution in [1.29, 1.82) is 0 Å². The smallest absolute Gasteiger partial charge is 0.335 e. The third-order valence-electron chi connectivity index (χ3n) is 3.39. The Labute approximate surface area is 138 Å². The molecule has 2 aromatic rings. The van der Waals surface area contributed by atoms with Crippen LogP contribution in [0.15, 0.2) is 48.5 Å². The van der Waals surface area contributed by atoms with E-state index >= 15 is 0 Å². The van der Waals surface area contributed by atoms with Crippen molar-refractivity contribution in [3.8, 4) is 5.75 Å². The van der Waals surface area contributed by atoms with Gasteiger partial charge in [0.05, 0.1) is 18.1 Å². The van der Waals surface area contributed by atoms with Gasteiger partial charge in [0, 0.05) is 12.0 Å². The minimum absolute atomic E-state index is 0.206. The van der Waals surface area contributed by atoms with Gasteiger partial charge in [-0.05, 0) is 17.7 Å². The Kier molecular flexibility index (Phi) is 5.86. The number of carbonyl (C=O) groups is 1. The maximum atomic E-state index is 11.3. The van der Waals surface area contributed by atoms with E-state index in [9.17, 15) is 20.0 Å². The second kappa shape index (κ2) is 8.07. The molecule has 0 amide bonds. The van der Waals surface area contributed by atoms with E-state index < -0.39 is 17.0 Å². The molecule has 0 saturated carbocycles. The number of ether oxygens (including phenoxy) is 2. The van der Waals surface area contributed by atoms with Crippen LogP contribution in [0.4, 0.5) is 5.69 Å². The number of esters is 1. The molecule has 0 aliphatic rings. The Morgan fingerprint density at radius 2 is 1.96 bits per heavy atom. The fraction of sp³-hybridized carbons (Fsp3) is 0.235. The van der Waals surface area contributed by atoms with Gasteiger partial charge < -0.3 is 14.6 Å². The zero-order valence-electron chi connectivity index (χ0n) is 13.0. The highest BCUT2D eigenvalue weighted by molar-refractivity contribution is 5.74. The third kappa shape index (κ3) is 4.53. The molecule has 7 heteroatoms. The van der Waals surface area contributed by atoms with Gasteiger partial charge in [0.15, 0.2) is 6.10 Å². The molecule has 24 heavy (non-hydrogen) atoms. The molecule has 0 heterocycles. The van der Waals surface area contributed by atoms with Gasteiger partial charge in [0.1, 0.15) is 12.4 Å². The summed E-state index contributed by atoms with van der Waals surface area (Å²) in [6, 6.07) is 13.7. The van der Waals surface area contributed by atoms with Crippen LogP contribution in [0.5, 0.6) is 5.75 Å². The Hall–Kier alpha value is -2.93. The average Bonchev–Trinajstić information content (AvgIpc) is 2.60. The summed E-state index contributed by atoms with van der Waals surface area (Å²) in [5.41, 5.74) is 0.943. The van der Waals surface area contributed by atoms with Gasteiger partial charge in [0.25, 0.3) is 5.69 Å². The van der Waals surface area contributed by atoms with E-state index in [0.717, 1.165) is 12.7 Å². The predicted octanol–water partition coefficient (Wildman–Crippen LogP) is 2.25. The number of aliphatic hydroxyl groups is 1. The molecule has 0 aliphatic carbocycles. The van der Waals surface area contributed by atoms with Crippen LogP contribution in [0.3, 0.4) is 0 Å². The lowest BCUT2D eigenvalue weighted by Gasteiger charge is -2.11. The van der Waals surface area contributed by atoms with E-state index in [1.807, 2.05) is 30.3 Å². The summed E-state index contributed by atoms with van der Waals surface area (Å²) < 4.78 is 9.97. The number of nitro benzene ring substituents is 1. The number of aliphatic hydroxyl groups excluding tert-OH is 1. The topological polar surface area (TPSA) is 98.9 Å². The van der Waals surface area contributed by atoms with E-state index in [4.69, 9.17) is 4.74 Å². The van der Waals surface area contributed by atoms with Gasteiger partial charge in [-0.15, -0.1) is 0 Å². The lowest BCUT2D eigenvalue weighted by Crippen LogP contribution is -2.24. The van der Waals surface area contributed by atoms with E-state index in [2.05, 4.69) is 4.74 Å². The molecule has 7 nitrogen and oxygen atoms in total. The number of carbonyl (C=O) groups excluding carboxylic acids is 1. The first kappa shape index (κ1) is 17.4. The van der Waals surface area contributed by atoms with Gasteiger partial charge in [-0.25, -0.2) is 4.79 Å². The SMILES string of the molecule is COC(=O)C(O)Cc1ccc(OCc2ccccc2)cc1[N+](=O)[O-]. The Morgan fingerprint density at radius 3 is 2.58 bits per heavy atom. The number of methoxy groups -OCH3 is 1. The third-order valence-corrected chi connectivity index (χ3v) is 3.39. The number of nitro groups is 1. The molecule has 1 unspecified atom stereocenters. The second-order valence-electron chi connectivity index (χ2n) is 5.06. The van der Waals surface area contributed by atoms with E-state index in [1.54, 1.807) is 6.07 Å². The fourth-order valence-corrected chi connectivity index (χ4v) is 2.14. The zero-order valence-corrected chi connectivity index (χ0v) is 13.0. The summed E-state index contributed by atoms with van der Waals surface area (Å²) in [6.07, 6.45) is -1.66. The van der Waals surface area contributed by atoms with Crippen molar-refractivity contribution in [1.82, 2.24) is 0 Å². The quantitative estimate of drug-likeness (QED) is 0.474. The van der Waals surface area contributed by atoms with Crippen LogP contribution in [0.2, 0.25) is 0 Å². The maximum Gasteiger partial charge on any atom is 0.335 e. The highest BCUT2D eigenvalue weighted by Gasteiger charge is 2.22. The van der Waals surface area contributed by atoms with Crippen LogP contribution in [0, 0.1) is 10.1 Å². The second-order valence-corrected chi connectivity index (χ2v) is 5.06. The summed E-state index contributed by atoms with van der Waals surface area (Å²) in [5, 5.41) is 20.9. The average molecular weight is 331 g/mol. The van der Waals surface area contributed by atoms with Gasteiger partial charge in [-0.1, -0.05) is 30.3 Å². The summed E-state index contributed by atoms with van der Waals surface area (Å²) in [6.45, 7) is 0.280. The van der Waals surface area contributed by atoms with Crippen molar-refractivity contribution in [3.63, 3.8) is 0 Å². The molecule has 0 bridgehead atoms. The van der Waals surface area contributed by atoms with E-state index in [0.29, 0.717) is 5.75 Å². The summed E-state index contributed by atoms with van der Waals surface area (Å²) in [5.74, 6) is -0.504. The zero-order chi connectivity index (χ0) is 17.5. The Balaban J connectivity index is 2.14. The monoisotopic (exact) mass is 331 g/mol. The van der Waals surface area contributed by atoms with Crippen molar-refractivity contribution in [2.24, 2.45) is 0 Å². The summed E-state index contributed by atoms with van der Waals surface area (Å²) in [7, 11) is 1.14. The van der Waals surface area contributed by atoms with Gasteiger partial charge in [-0.3, -0.25) is 10.1 Å². The molecule has 2 rings (SSSR count). The van der Waals surface area contributed by atoms with Gasteiger partial charge in [0.2, 0.25) is 0 Å². The minimum Gasteiger partial charge on any atom is -0.489 e. The predicted molar refractivity (Wildman–Crippen MR) is 85.6 cm³/mol. The largest absolute Gasteiger partial charge is 0.489 e. The van der Waals surface area contributed by atoms with Crippen LogP contribution in [0.1, 0.15) is 11.1 Å². The summed E-state index contributed by atoms with van der Waals surface area (Å²) >= 11 is 0. The standard InChI is InChI=1S/C17H17NO6/c1-23-17(20)16(19)9-13-7-8-14(10-15(13)18(21)22)24-11-12-5-3-2-4-6-12/h2-8,10,16,19H,9,11H2,1H3. The van der Waals surface area contributed by atoms with E-state index in [1.165, 1.54) is 12.1 Å². The minimum atomic E-state index is -1.45. The molecule has 1 N–H and O–H groups in total. The first-order chi connectivity index (χ1) is 11.5. The molecule has 0 fully saturated rings. The van der Waals surface area contributed by atoms with Crippen molar-refractivity contribution >= 4 is 11.7 Å². The number of benzene rings is 2. The summed E-state index contributed by atoms with van der Waals surface area (Å²) in [4.78, 5) is 21.9. The van der Waals surface area contributed by atoms with Crippen LogP contribution in [-0.4, -0.2) is 29.2 Å². The lowest BCUT2D eigenvalue weighted by molar-refractivity contribution is -0.385. The fourth-order valence-electron chi connectivity index (χ4n) is 2.14. The van der Waals surface area contributed by atoms with Crippen molar-refractivity contribution in [2.45, 2.75) is 19.1 Å². The Bertz CT molecular complexity index is 716. The molecule has 2 aromatic carbocycles. The van der Waals surface area contributed by atoms with Crippen LogP contribution >= 0.6 is 0 Å². The van der Waals surface area contributed by atoms with Crippen molar-refractivity contribution in [3.05, 3.63) is 69.8 Å². The highest BCUT2D eigenvalue weighted by atomic mass is 16.6. The number of hydrogen-bond acceptors (Lipinski definition) is 6. The molecular formula is C17H17NO6. The van der Waals surface area contributed by atoms with Crippen LogP contribution in [-0.2, 0) is 22.6 Å². The normalized spacial score (nSPS) is 11.6. The van der Waals surface area contributed by atoms with Gasteiger partial charge in [-0.2, -0.15) is 0 Å².